The van der Waals surface area contributed by atoms with Gasteiger partial charge in [-0.3, -0.25) is 13.9 Å². The molecule has 1 saturated heterocycles. The van der Waals surface area contributed by atoms with Crippen molar-refractivity contribution in [2.24, 2.45) is 0 Å². The lowest BCUT2D eigenvalue weighted by molar-refractivity contribution is -0.202. The first-order valence-electron chi connectivity index (χ1n) is 14.4. The Morgan fingerprint density at radius 2 is 1.89 bits per heavy atom. The lowest BCUT2D eigenvalue weighted by Gasteiger charge is -2.28. The Morgan fingerprint density at radius 3 is 2.59 bits per heavy atom. The van der Waals surface area contributed by atoms with E-state index in [-0.39, 0.29) is 22.9 Å². The van der Waals surface area contributed by atoms with E-state index in [2.05, 4.69) is 20.0 Å². The minimum atomic E-state index is -4.67. The number of alkyl halides is 2. The second-order valence-electron chi connectivity index (χ2n) is 11.6. The number of aliphatic hydroxyl groups excluding tert-OH is 1. The fourth-order valence-corrected chi connectivity index (χ4v) is 6.58. The maximum absolute atomic E-state index is 16.5. The van der Waals surface area contributed by atoms with Crippen LogP contribution in [-0.4, -0.2) is 81.1 Å². The van der Waals surface area contributed by atoms with Crippen molar-refractivity contribution in [3.8, 4) is 5.75 Å². The van der Waals surface area contributed by atoms with Crippen molar-refractivity contribution in [2.45, 2.75) is 63.7 Å². The average Bonchev–Trinajstić information content (AvgIpc) is 3.47. The van der Waals surface area contributed by atoms with Gasteiger partial charge in [-0.05, 0) is 39.1 Å². The lowest BCUT2D eigenvalue weighted by Crippen LogP contribution is -2.47. The van der Waals surface area contributed by atoms with Crippen molar-refractivity contribution in [3.05, 3.63) is 48.8 Å². The molecule has 14 nitrogen and oxygen atoms in total. The van der Waals surface area contributed by atoms with E-state index in [1.807, 2.05) is 0 Å². The molecule has 0 unspecified atom stereocenters. The highest BCUT2D eigenvalue weighted by molar-refractivity contribution is 7.52. The molecular weight excluding hydrogens is 627 g/mol. The van der Waals surface area contributed by atoms with E-state index in [1.54, 1.807) is 69.2 Å². The molecule has 0 aliphatic carbocycles. The highest BCUT2D eigenvalue weighted by Gasteiger charge is 2.65. The van der Waals surface area contributed by atoms with E-state index in [0.717, 1.165) is 23.2 Å². The number of ether oxygens (including phenoxy) is 2. The molecule has 17 heteroatoms. The van der Waals surface area contributed by atoms with E-state index >= 15 is 8.78 Å². The minimum absolute atomic E-state index is 0.0200. The third-order valence-corrected chi connectivity index (χ3v) is 8.90. The Bertz CT molecular complexity index is 1800. The van der Waals surface area contributed by atoms with Gasteiger partial charge in [-0.15, -0.1) is 0 Å². The van der Waals surface area contributed by atoms with Crippen LogP contribution in [0.25, 0.3) is 21.9 Å². The monoisotopic (exact) mass is 663 g/mol. The quantitative estimate of drug-likeness (QED) is 0.155. The largest absolute Gasteiger partial charge is 0.462 e. The summed E-state index contributed by atoms with van der Waals surface area (Å²) in [5, 5.41) is 14.7. The molecule has 6 atom stereocenters. The molecule has 248 valence electrons. The normalized spacial score (nSPS) is 25.1. The molecule has 0 saturated carbocycles. The van der Waals surface area contributed by atoms with Gasteiger partial charge in [0.2, 0.25) is 5.95 Å². The van der Waals surface area contributed by atoms with Gasteiger partial charge in [0.25, 0.3) is 5.85 Å². The third kappa shape index (κ3) is 6.35. The highest BCUT2D eigenvalue weighted by atomic mass is 31.2. The van der Waals surface area contributed by atoms with Crippen molar-refractivity contribution in [1.82, 2.24) is 24.6 Å². The van der Waals surface area contributed by atoms with Crippen molar-refractivity contribution in [3.63, 3.8) is 0 Å². The fourth-order valence-electron chi connectivity index (χ4n) is 5.06. The second-order valence-corrected chi connectivity index (χ2v) is 13.3. The molecule has 4 aromatic rings. The predicted octanol–water partition coefficient (Wildman–Crippen LogP) is 4.04. The van der Waals surface area contributed by atoms with Gasteiger partial charge in [0, 0.05) is 19.5 Å². The molecule has 1 aliphatic rings. The number of rotatable bonds is 11. The zero-order valence-electron chi connectivity index (χ0n) is 26.0. The number of aliphatic hydroxyl groups is 1. The van der Waals surface area contributed by atoms with Crippen molar-refractivity contribution >= 4 is 47.4 Å². The molecule has 5 rings (SSSR count). The molecule has 0 amide bonds. The van der Waals surface area contributed by atoms with Gasteiger partial charge < -0.3 is 29.7 Å². The first-order valence-corrected chi connectivity index (χ1v) is 15.9. The topological polar surface area (TPSA) is 176 Å². The zero-order valence-corrected chi connectivity index (χ0v) is 26.9. The number of aromatic nitrogens is 4. The Balaban J connectivity index is 1.46. The number of imidazole rings is 1. The van der Waals surface area contributed by atoms with Crippen LogP contribution in [-0.2, 0) is 23.4 Å². The van der Waals surface area contributed by atoms with Crippen LogP contribution in [0.1, 0.15) is 33.9 Å². The van der Waals surface area contributed by atoms with Crippen LogP contribution >= 0.6 is 7.75 Å². The number of nitrogen functional groups attached to an aromatic ring is 1. The predicted molar refractivity (Wildman–Crippen MR) is 166 cm³/mol. The number of carbonyl (C=O) groups excluding carboxylic acids is 1. The van der Waals surface area contributed by atoms with Gasteiger partial charge in [0.05, 0.1) is 12.4 Å². The van der Waals surface area contributed by atoms with Crippen molar-refractivity contribution in [2.75, 3.05) is 31.3 Å². The summed E-state index contributed by atoms with van der Waals surface area (Å²) in [4.78, 5) is 26.7. The summed E-state index contributed by atoms with van der Waals surface area (Å²) in [5.41, 5.74) is 3.32. The first-order chi connectivity index (χ1) is 21.5. The molecule has 1 fully saturated rings. The third-order valence-electron chi connectivity index (χ3n) is 7.29. The number of hydrogen-bond donors (Lipinski definition) is 3. The van der Waals surface area contributed by atoms with Gasteiger partial charge in [-0.1, -0.05) is 36.4 Å². The van der Waals surface area contributed by atoms with E-state index in [0.29, 0.717) is 11.2 Å². The summed E-state index contributed by atoms with van der Waals surface area (Å²) in [6, 6.07) is 10.7. The summed E-state index contributed by atoms with van der Waals surface area (Å²) < 4.78 is 70.0. The van der Waals surface area contributed by atoms with Gasteiger partial charge in [-0.2, -0.15) is 15.1 Å². The number of nitrogens with zero attached hydrogens (tertiary/aromatic N) is 5. The first kappa shape index (κ1) is 33.4. The van der Waals surface area contributed by atoms with Gasteiger partial charge >= 0.3 is 13.7 Å². The SMILES string of the molecule is CC(C)OC(=O)[C@H](C)N[P@@](=O)(OC[C@@]1(F)O[C@@H](n2cnc3c(N(C)C)nc(N)nc32)[C@](C)(F)[C@@H]1O)Oc1cccc2ccccc12. The maximum Gasteiger partial charge on any atom is 0.459 e. The van der Waals surface area contributed by atoms with Crippen LogP contribution in [0.15, 0.2) is 48.8 Å². The van der Waals surface area contributed by atoms with Gasteiger partial charge in [-0.25, -0.2) is 18.3 Å². The molecule has 46 heavy (non-hydrogen) atoms. The molecule has 4 N–H and O–H groups in total. The number of nitrogens with two attached hydrogens (primary N) is 1. The molecule has 1 aliphatic heterocycles. The van der Waals surface area contributed by atoms with Crippen LogP contribution < -0.4 is 20.2 Å². The Labute approximate surface area is 263 Å². The summed E-state index contributed by atoms with van der Waals surface area (Å²) in [5.74, 6) is -3.80. The molecule has 2 aromatic heterocycles. The van der Waals surface area contributed by atoms with E-state index in [1.165, 1.54) is 13.0 Å². The summed E-state index contributed by atoms with van der Waals surface area (Å²) in [6.07, 6.45) is -3.60. The minimum Gasteiger partial charge on any atom is -0.462 e. The molecule has 2 aromatic carbocycles. The Hall–Kier alpha value is -3.95. The molecule has 0 spiro atoms. The standard InChI is InChI=1S/C29H36F2N7O7P/c1-16(2)43-24(39)17(3)36-46(41,45-20-13-9-11-18-10-7-8-12-19(18)20)42-14-29(31)25(40)28(4,30)26(44-29)38-15-33-21-22(37(5)6)34-27(32)35-23(21)38/h7-13,15-17,25-26,40H,14H2,1-6H3,(H,36,41)(H2,32,34,35)/t17-,25-,26+,28+,29+,46+/m0/s1. The maximum atomic E-state index is 16.5. The van der Waals surface area contributed by atoms with Crippen LogP contribution in [0.2, 0.25) is 0 Å². The van der Waals surface area contributed by atoms with Crippen LogP contribution in [0.4, 0.5) is 20.5 Å². The second kappa shape index (κ2) is 12.3. The highest BCUT2D eigenvalue weighted by Crippen LogP contribution is 2.52. The van der Waals surface area contributed by atoms with E-state index < -0.39 is 56.3 Å². The summed E-state index contributed by atoms with van der Waals surface area (Å²) in [7, 11) is -1.29. The molecule has 3 heterocycles. The summed E-state index contributed by atoms with van der Waals surface area (Å²) >= 11 is 0. The van der Waals surface area contributed by atoms with Crippen LogP contribution in [0.3, 0.4) is 0 Å². The summed E-state index contributed by atoms with van der Waals surface area (Å²) in [6.45, 7) is 4.27. The number of nitrogens with one attached hydrogen (secondary N) is 1. The van der Waals surface area contributed by atoms with Gasteiger partial charge in [0.1, 0.15) is 18.4 Å². The molecular formula is C29H36F2N7O7P. The lowest BCUT2D eigenvalue weighted by atomic mass is 9.97. The van der Waals surface area contributed by atoms with Crippen LogP contribution in [0, 0.1) is 0 Å². The number of halogens is 2. The zero-order chi connectivity index (χ0) is 33.6. The van der Waals surface area contributed by atoms with Crippen LogP contribution in [0.5, 0.6) is 5.75 Å². The fraction of sp³-hybridized carbons (Fsp3) is 0.448. The molecule has 0 bridgehead atoms. The van der Waals surface area contributed by atoms with Crippen molar-refractivity contribution in [1.29, 1.82) is 0 Å². The molecule has 0 radical (unpaired) electrons. The Kier molecular flexibility index (Phi) is 8.96. The van der Waals surface area contributed by atoms with Crippen molar-refractivity contribution < 1.29 is 41.8 Å². The number of carbonyl (C=O) groups is 1. The number of hydrogen-bond acceptors (Lipinski definition) is 12. The number of fused-ring (bicyclic) bond motifs is 2. The Morgan fingerprint density at radius 1 is 1.20 bits per heavy atom. The number of esters is 1. The average molecular weight is 664 g/mol. The number of anilines is 2. The van der Waals surface area contributed by atoms with E-state index in [4.69, 9.17) is 24.3 Å². The number of benzene rings is 2. The van der Waals surface area contributed by atoms with Gasteiger partial charge in [0.15, 0.2) is 35.0 Å². The smallest absolute Gasteiger partial charge is 0.459 e. The van der Waals surface area contributed by atoms with E-state index in [9.17, 15) is 14.5 Å².